The molecule has 0 bridgehead atoms. The Bertz CT molecular complexity index is 1170. The first-order valence-electron chi connectivity index (χ1n) is 7.82. The molecule has 0 amide bonds. The van der Waals surface area contributed by atoms with E-state index in [9.17, 15) is 0 Å². The molecular formula is C17H12N6S3. The van der Waals surface area contributed by atoms with Gasteiger partial charge in [0.2, 0.25) is 16.0 Å². The minimum atomic E-state index is 0.527. The van der Waals surface area contributed by atoms with E-state index in [2.05, 4.69) is 62.2 Å². The Balaban J connectivity index is 1.44. The molecule has 26 heavy (non-hydrogen) atoms. The van der Waals surface area contributed by atoms with Crippen molar-refractivity contribution in [2.45, 2.75) is 6.92 Å². The van der Waals surface area contributed by atoms with E-state index >= 15 is 0 Å². The predicted molar refractivity (Wildman–Crippen MR) is 108 cm³/mol. The molecule has 0 unspecified atom stereocenters. The van der Waals surface area contributed by atoms with Crippen LogP contribution in [-0.2, 0) is 0 Å². The molecule has 5 rings (SSSR count). The van der Waals surface area contributed by atoms with Crippen molar-refractivity contribution < 1.29 is 0 Å². The van der Waals surface area contributed by atoms with Crippen LogP contribution in [0.3, 0.4) is 0 Å². The van der Waals surface area contributed by atoms with E-state index in [0.717, 1.165) is 26.1 Å². The van der Waals surface area contributed by atoms with Gasteiger partial charge < -0.3 is 0 Å². The van der Waals surface area contributed by atoms with Gasteiger partial charge in [-0.25, -0.2) is 4.52 Å². The lowest BCUT2D eigenvalue weighted by molar-refractivity contribution is 0.986. The second-order valence-corrected chi connectivity index (χ2v) is 8.39. The van der Waals surface area contributed by atoms with Gasteiger partial charge in [0.05, 0.1) is 10.6 Å². The number of anilines is 2. The lowest BCUT2D eigenvalue weighted by Crippen LogP contribution is -1.94. The average Bonchev–Trinajstić information content (AvgIpc) is 3.40. The summed E-state index contributed by atoms with van der Waals surface area (Å²) in [6.07, 6.45) is 0. The number of nitrogens with one attached hydrogen (secondary N) is 1. The first kappa shape index (κ1) is 15.6. The highest BCUT2D eigenvalue weighted by Crippen LogP contribution is 2.31. The SMILES string of the molecule is Cc1ccc(-c2csc3nc(Nc4nnc(-c5cccs5)s4)nn23)cc1. The van der Waals surface area contributed by atoms with Gasteiger partial charge in [0.1, 0.15) is 0 Å². The maximum atomic E-state index is 4.59. The van der Waals surface area contributed by atoms with Gasteiger partial charge in [-0.3, -0.25) is 5.32 Å². The van der Waals surface area contributed by atoms with E-state index in [4.69, 9.17) is 0 Å². The molecule has 4 heterocycles. The molecule has 0 saturated heterocycles. The van der Waals surface area contributed by atoms with E-state index in [0.29, 0.717) is 11.1 Å². The van der Waals surface area contributed by atoms with Gasteiger partial charge in [-0.1, -0.05) is 47.2 Å². The highest BCUT2D eigenvalue weighted by atomic mass is 32.1. The first-order valence-corrected chi connectivity index (χ1v) is 10.4. The van der Waals surface area contributed by atoms with Crippen molar-refractivity contribution in [1.29, 1.82) is 0 Å². The normalized spacial score (nSPS) is 11.3. The van der Waals surface area contributed by atoms with Crippen molar-refractivity contribution >= 4 is 50.1 Å². The largest absolute Gasteiger partial charge is 0.297 e. The molecule has 0 aliphatic rings. The van der Waals surface area contributed by atoms with Gasteiger partial charge in [-0.15, -0.1) is 38.0 Å². The number of hydrogen-bond donors (Lipinski definition) is 1. The Hall–Kier alpha value is -2.62. The highest BCUT2D eigenvalue weighted by Gasteiger charge is 2.14. The predicted octanol–water partition coefficient (Wildman–Crippen LogP) is 5.09. The van der Waals surface area contributed by atoms with E-state index in [-0.39, 0.29) is 0 Å². The number of aryl methyl sites for hydroxylation is 1. The van der Waals surface area contributed by atoms with Crippen LogP contribution in [0.4, 0.5) is 11.1 Å². The average molecular weight is 397 g/mol. The number of hydrogen-bond acceptors (Lipinski definition) is 8. The zero-order valence-corrected chi connectivity index (χ0v) is 16.0. The lowest BCUT2D eigenvalue weighted by Gasteiger charge is -1.99. The third-order valence-corrected chi connectivity index (χ3v) is 6.50. The number of nitrogens with zero attached hydrogens (tertiary/aromatic N) is 5. The summed E-state index contributed by atoms with van der Waals surface area (Å²) in [7, 11) is 0. The molecule has 0 spiro atoms. The van der Waals surface area contributed by atoms with Crippen molar-refractivity contribution in [3.63, 3.8) is 0 Å². The number of rotatable bonds is 4. The standard InChI is InChI=1S/C17H12N6S3/c1-10-4-6-11(7-5-10)12-9-25-17-19-15(22-23(12)17)18-16-21-20-14(26-16)13-3-2-8-24-13/h2-9H,1H3,(H,18,21,22). The molecule has 128 valence electrons. The van der Waals surface area contributed by atoms with Crippen LogP contribution in [0.2, 0.25) is 0 Å². The molecule has 0 atom stereocenters. The summed E-state index contributed by atoms with van der Waals surface area (Å²) in [5, 5.41) is 21.8. The van der Waals surface area contributed by atoms with Crippen LogP contribution in [0.25, 0.3) is 26.1 Å². The quantitative estimate of drug-likeness (QED) is 0.458. The molecular weight excluding hydrogens is 384 g/mol. The molecule has 0 aliphatic carbocycles. The van der Waals surface area contributed by atoms with E-state index < -0.39 is 0 Å². The zero-order valence-electron chi connectivity index (χ0n) is 13.6. The highest BCUT2D eigenvalue weighted by molar-refractivity contribution is 7.23. The Labute approximate surface area is 160 Å². The van der Waals surface area contributed by atoms with Gasteiger partial charge in [-0.2, -0.15) is 4.98 Å². The van der Waals surface area contributed by atoms with Crippen molar-refractivity contribution in [1.82, 2.24) is 24.8 Å². The Morgan fingerprint density at radius 2 is 1.92 bits per heavy atom. The second kappa shape index (κ2) is 6.27. The zero-order chi connectivity index (χ0) is 17.5. The minimum absolute atomic E-state index is 0.527. The summed E-state index contributed by atoms with van der Waals surface area (Å²) in [5.41, 5.74) is 3.38. The smallest absolute Gasteiger partial charge is 0.250 e. The van der Waals surface area contributed by atoms with Gasteiger partial charge in [0.25, 0.3) is 0 Å². The lowest BCUT2D eigenvalue weighted by atomic mass is 10.1. The Morgan fingerprint density at radius 1 is 1.04 bits per heavy atom. The molecule has 5 aromatic rings. The van der Waals surface area contributed by atoms with Crippen LogP contribution in [0.15, 0.2) is 47.2 Å². The summed E-state index contributed by atoms with van der Waals surface area (Å²) in [5.74, 6) is 0.527. The van der Waals surface area contributed by atoms with Crippen LogP contribution in [0, 0.1) is 6.92 Å². The third-order valence-electron chi connectivity index (χ3n) is 3.80. The molecule has 0 radical (unpaired) electrons. The van der Waals surface area contributed by atoms with Gasteiger partial charge in [0, 0.05) is 10.9 Å². The summed E-state index contributed by atoms with van der Waals surface area (Å²) < 4.78 is 1.86. The summed E-state index contributed by atoms with van der Waals surface area (Å²) in [6, 6.07) is 12.4. The fraction of sp³-hybridized carbons (Fsp3) is 0.0588. The molecule has 1 aromatic carbocycles. The van der Waals surface area contributed by atoms with Crippen molar-refractivity contribution in [2.75, 3.05) is 5.32 Å². The third kappa shape index (κ3) is 2.79. The van der Waals surface area contributed by atoms with Crippen molar-refractivity contribution in [3.05, 3.63) is 52.7 Å². The number of aromatic nitrogens is 5. The van der Waals surface area contributed by atoms with Crippen LogP contribution in [0.5, 0.6) is 0 Å². The second-order valence-electron chi connectivity index (χ2n) is 5.63. The van der Waals surface area contributed by atoms with E-state index in [1.165, 1.54) is 16.9 Å². The monoisotopic (exact) mass is 396 g/mol. The Morgan fingerprint density at radius 3 is 2.73 bits per heavy atom. The summed E-state index contributed by atoms with van der Waals surface area (Å²) in [6.45, 7) is 2.08. The fourth-order valence-electron chi connectivity index (χ4n) is 2.53. The van der Waals surface area contributed by atoms with Crippen molar-refractivity contribution in [3.8, 4) is 21.1 Å². The van der Waals surface area contributed by atoms with Crippen molar-refractivity contribution in [2.24, 2.45) is 0 Å². The topological polar surface area (TPSA) is 68.0 Å². The van der Waals surface area contributed by atoms with Crippen LogP contribution in [0.1, 0.15) is 5.56 Å². The molecule has 6 nitrogen and oxygen atoms in total. The minimum Gasteiger partial charge on any atom is -0.297 e. The molecule has 4 aromatic heterocycles. The van der Waals surface area contributed by atoms with Gasteiger partial charge >= 0.3 is 0 Å². The van der Waals surface area contributed by atoms with Crippen LogP contribution in [-0.4, -0.2) is 24.8 Å². The van der Waals surface area contributed by atoms with Gasteiger partial charge in [0.15, 0.2) is 5.01 Å². The molecule has 1 N–H and O–H groups in total. The van der Waals surface area contributed by atoms with Crippen LogP contribution < -0.4 is 5.32 Å². The molecule has 0 fully saturated rings. The molecule has 0 aliphatic heterocycles. The fourth-order valence-corrected chi connectivity index (χ4v) is 4.89. The Kier molecular flexibility index (Phi) is 3.77. The van der Waals surface area contributed by atoms with E-state index in [1.54, 1.807) is 22.7 Å². The summed E-state index contributed by atoms with van der Waals surface area (Å²) in [4.78, 5) is 6.49. The van der Waals surface area contributed by atoms with E-state index in [1.807, 2.05) is 22.0 Å². The number of fused-ring (bicyclic) bond motifs is 1. The first-order chi connectivity index (χ1) is 12.8. The summed E-state index contributed by atoms with van der Waals surface area (Å²) >= 11 is 4.71. The number of benzene rings is 1. The maximum Gasteiger partial charge on any atom is 0.250 e. The molecule has 0 saturated carbocycles. The maximum absolute atomic E-state index is 4.59. The van der Waals surface area contributed by atoms with Gasteiger partial charge in [-0.05, 0) is 18.4 Å². The molecule has 9 heteroatoms. The number of thiophene rings is 1. The number of thiazole rings is 1. The van der Waals surface area contributed by atoms with Crippen LogP contribution >= 0.6 is 34.0 Å².